The van der Waals surface area contributed by atoms with E-state index in [9.17, 15) is 0 Å². The van der Waals surface area contributed by atoms with Gasteiger partial charge in [-0.2, -0.15) is 0 Å². The fourth-order valence-corrected chi connectivity index (χ4v) is 8.11. The molecule has 0 fully saturated rings. The van der Waals surface area contributed by atoms with Crippen molar-refractivity contribution in [2.45, 2.75) is 116 Å². The molecule has 1 aromatic heterocycles. The summed E-state index contributed by atoms with van der Waals surface area (Å²) in [6.45, 7) is 8.74. The zero-order valence-electron chi connectivity index (χ0n) is 25.7. The summed E-state index contributed by atoms with van der Waals surface area (Å²) in [6.07, 6.45) is 10.9. The summed E-state index contributed by atoms with van der Waals surface area (Å²) in [4.78, 5) is 2.31. The molecule has 0 radical (unpaired) electrons. The van der Waals surface area contributed by atoms with E-state index in [0.717, 1.165) is 69.5 Å². The Labute approximate surface area is 252 Å². The number of rotatable bonds is 18. The van der Waals surface area contributed by atoms with Gasteiger partial charge < -0.3 is 9.47 Å². The molecule has 0 saturated heterocycles. The highest BCUT2D eigenvalue weighted by Gasteiger charge is 2.29. The second-order valence-electron chi connectivity index (χ2n) is 11.3. The molecule has 0 spiro atoms. The zero-order chi connectivity index (χ0) is 28.9. The first-order chi connectivity index (χ1) is 19.4. The Morgan fingerprint density at radius 1 is 0.725 bits per heavy atom. The normalized spacial score (nSPS) is 14.8. The lowest BCUT2D eigenvalue weighted by atomic mass is 9.93. The van der Waals surface area contributed by atoms with Crippen LogP contribution in [0.15, 0.2) is 54.6 Å². The zero-order valence-corrected chi connectivity index (χ0v) is 30.5. The Morgan fingerprint density at radius 2 is 1.32 bits per heavy atom. The van der Waals surface area contributed by atoms with E-state index in [1.165, 1.54) is 41.7 Å². The van der Waals surface area contributed by atoms with E-state index < -0.39 is 6.29 Å². The number of benzene rings is 2. The topological polar surface area (TPSA) is 18.5 Å². The minimum Gasteiger partial charge on any atom is -0.353 e. The van der Waals surface area contributed by atoms with Gasteiger partial charge in [0, 0.05) is 47.6 Å². The number of hydrogen-bond donors (Lipinski definition) is 0. The average molecular weight is 599 g/mol. The SMILES string of the molecule is CCCCCCc1ccc(-c2ccc(-c3ccc(C(CC)C(OC([SiH3])CCC)OC([SiH3])CCC)c(F)c3)s2)cc1. The molecule has 220 valence electrons. The summed E-state index contributed by atoms with van der Waals surface area (Å²) < 4.78 is 28.7. The smallest absolute Gasteiger partial charge is 0.164 e. The molecule has 0 aliphatic heterocycles. The van der Waals surface area contributed by atoms with Gasteiger partial charge in [0.2, 0.25) is 0 Å². The number of thiophene rings is 1. The lowest BCUT2D eigenvalue weighted by Gasteiger charge is -2.32. The van der Waals surface area contributed by atoms with Crippen LogP contribution in [0.25, 0.3) is 20.9 Å². The predicted molar refractivity (Wildman–Crippen MR) is 179 cm³/mol. The van der Waals surface area contributed by atoms with E-state index in [0.29, 0.717) is 5.56 Å². The minimum atomic E-state index is -0.392. The number of halogens is 1. The summed E-state index contributed by atoms with van der Waals surface area (Å²) in [5.74, 6) is -0.278. The maximum atomic E-state index is 15.7. The highest BCUT2D eigenvalue weighted by Crippen LogP contribution is 2.37. The number of hydrogen-bond acceptors (Lipinski definition) is 3. The molecule has 2 aromatic carbocycles. The molecule has 3 rings (SSSR count). The Bertz CT molecular complexity index is 1120. The third-order valence-corrected chi connectivity index (χ3v) is 10.6. The van der Waals surface area contributed by atoms with Crippen LogP contribution in [0.3, 0.4) is 0 Å². The first kappa shape index (κ1) is 32.9. The summed E-state index contributed by atoms with van der Waals surface area (Å²) in [5, 5.41) is 0. The molecule has 0 aliphatic carbocycles. The third-order valence-electron chi connectivity index (χ3n) is 7.74. The minimum absolute atomic E-state index is 0.116. The third kappa shape index (κ3) is 9.76. The van der Waals surface area contributed by atoms with Crippen molar-refractivity contribution in [2.75, 3.05) is 0 Å². The van der Waals surface area contributed by atoms with Gasteiger partial charge >= 0.3 is 0 Å². The molecule has 0 bridgehead atoms. The average Bonchev–Trinajstić information content (AvgIpc) is 3.43. The molecule has 2 nitrogen and oxygen atoms in total. The van der Waals surface area contributed by atoms with Crippen LogP contribution in [0, 0.1) is 5.82 Å². The number of unbranched alkanes of at least 4 members (excludes halogenated alkanes) is 3. The van der Waals surface area contributed by atoms with Crippen LogP contribution in [0.2, 0.25) is 0 Å². The lowest BCUT2D eigenvalue weighted by Crippen LogP contribution is -2.34. The second kappa shape index (κ2) is 17.4. The fraction of sp³-hybridized carbons (Fsp3) is 0.529. The molecular formula is C34H51FO2SSi2. The van der Waals surface area contributed by atoms with Crippen LogP contribution < -0.4 is 0 Å². The lowest BCUT2D eigenvalue weighted by molar-refractivity contribution is -0.178. The van der Waals surface area contributed by atoms with Gasteiger partial charge in [-0.1, -0.05) is 96.2 Å². The van der Waals surface area contributed by atoms with E-state index in [-0.39, 0.29) is 23.2 Å². The van der Waals surface area contributed by atoms with Gasteiger partial charge in [-0.05, 0) is 72.6 Å². The van der Waals surface area contributed by atoms with Gasteiger partial charge in [0.05, 0.1) is 0 Å². The Hall–Kier alpha value is -1.58. The maximum absolute atomic E-state index is 15.7. The largest absolute Gasteiger partial charge is 0.353 e. The first-order valence-corrected chi connectivity index (χ1v) is 18.8. The summed E-state index contributed by atoms with van der Waals surface area (Å²) in [7, 11) is 1.90. The molecule has 0 N–H and O–H groups in total. The monoisotopic (exact) mass is 598 g/mol. The van der Waals surface area contributed by atoms with Crippen molar-refractivity contribution in [1.82, 2.24) is 0 Å². The van der Waals surface area contributed by atoms with Gasteiger partial charge in [0.15, 0.2) is 6.29 Å². The Kier molecular flexibility index (Phi) is 14.3. The van der Waals surface area contributed by atoms with E-state index in [2.05, 4.69) is 70.2 Å². The van der Waals surface area contributed by atoms with Crippen molar-refractivity contribution in [3.63, 3.8) is 0 Å². The van der Waals surface area contributed by atoms with Gasteiger partial charge in [0.25, 0.3) is 0 Å². The highest BCUT2D eigenvalue weighted by atomic mass is 32.1. The van der Waals surface area contributed by atoms with Crippen LogP contribution in [-0.4, -0.2) is 38.2 Å². The van der Waals surface area contributed by atoms with E-state index in [1.54, 1.807) is 17.4 Å². The first-order valence-electron chi connectivity index (χ1n) is 15.7. The molecule has 1 heterocycles. The molecule has 3 atom stereocenters. The van der Waals surface area contributed by atoms with E-state index >= 15 is 4.39 Å². The molecule has 3 aromatic rings. The van der Waals surface area contributed by atoms with Crippen LogP contribution >= 0.6 is 11.3 Å². The maximum Gasteiger partial charge on any atom is 0.164 e. The number of aryl methyl sites for hydroxylation is 1. The molecular weight excluding hydrogens is 548 g/mol. The van der Waals surface area contributed by atoms with Gasteiger partial charge in [0.1, 0.15) is 5.82 Å². The molecule has 3 unspecified atom stereocenters. The van der Waals surface area contributed by atoms with Crippen molar-refractivity contribution >= 4 is 31.8 Å². The fourth-order valence-electron chi connectivity index (χ4n) is 5.41. The van der Waals surface area contributed by atoms with Gasteiger partial charge in [-0.25, -0.2) is 4.39 Å². The van der Waals surface area contributed by atoms with Crippen molar-refractivity contribution in [2.24, 2.45) is 0 Å². The molecule has 40 heavy (non-hydrogen) atoms. The highest BCUT2D eigenvalue weighted by molar-refractivity contribution is 7.18. The molecule has 0 amide bonds. The summed E-state index contributed by atoms with van der Waals surface area (Å²) >= 11 is 1.73. The van der Waals surface area contributed by atoms with Gasteiger partial charge in [-0.15, -0.1) is 11.3 Å². The van der Waals surface area contributed by atoms with Crippen molar-refractivity contribution in [3.8, 4) is 20.9 Å². The number of ether oxygens (including phenoxy) is 2. The standard InChI is InChI=1S/C34H51FO2SSi2/c1-5-9-10-11-14-24-15-17-25(18-16-24)30-21-22-31(38-30)26-19-20-28(29(35)23-26)27(8-4)34(36-32(39)12-6-2)37-33(40)13-7-3/h15-23,27,32-34H,5-14H2,1-4,39-40H3. The Balaban J connectivity index is 1.76. The summed E-state index contributed by atoms with van der Waals surface area (Å²) in [6, 6.07) is 19.0. The van der Waals surface area contributed by atoms with Crippen molar-refractivity contribution in [1.29, 1.82) is 0 Å². The van der Waals surface area contributed by atoms with Crippen LogP contribution in [-0.2, 0) is 15.9 Å². The van der Waals surface area contributed by atoms with Crippen LogP contribution in [0.4, 0.5) is 4.39 Å². The van der Waals surface area contributed by atoms with Gasteiger partial charge in [-0.3, -0.25) is 0 Å². The van der Waals surface area contributed by atoms with E-state index in [4.69, 9.17) is 9.47 Å². The Morgan fingerprint density at radius 3 is 1.88 bits per heavy atom. The van der Waals surface area contributed by atoms with Crippen molar-refractivity contribution in [3.05, 3.63) is 71.5 Å². The van der Waals surface area contributed by atoms with E-state index in [1.807, 2.05) is 6.07 Å². The van der Waals surface area contributed by atoms with Crippen LogP contribution in [0.5, 0.6) is 0 Å². The van der Waals surface area contributed by atoms with Crippen LogP contribution in [0.1, 0.15) is 103 Å². The molecule has 0 saturated carbocycles. The second-order valence-corrected chi connectivity index (χ2v) is 14.9. The van der Waals surface area contributed by atoms with Crippen molar-refractivity contribution < 1.29 is 13.9 Å². The summed E-state index contributed by atoms with van der Waals surface area (Å²) in [5.41, 5.74) is 4.71. The molecule has 6 heteroatoms. The predicted octanol–water partition coefficient (Wildman–Crippen LogP) is 8.18. The quantitative estimate of drug-likeness (QED) is 0.0835. The molecule has 0 aliphatic rings.